The molecule has 0 N–H and O–H groups in total. The first-order chi connectivity index (χ1) is 6.68. The van der Waals surface area contributed by atoms with Crippen LogP contribution in [0.2, 0.25) is 0 Å². The second-order valence-corrected chi connectivity index (χ2v) is 4.91. The van der Waals surface area contributed by atoms with Crippen LogP contribution in [-0.4, -0.2) is 14.2 Å². The lowest BCUT2D eigenvalue weighted by molar-refractivity contribution is 0.288. The summed E-state index contributed by atoms with van der Waals surface area (Å²) in [5.74, 6) is 2.82. The van der Waals surface area contributed by atoms with E-state index < -0.39 is 7.60 Å². The maximum atomic E-state index is 11.4. The van der Waals surface area contributed by atoms with Gasteiger partial charge in [-0.15, -0.1) is 0 Å². The van der Waals surface area contributed by atoms with Gasteiger partial charge in [0.1, 0.15) is 0 Å². The molecule has 82 valence electrons. The predicted molar refractivity (Wildman–Crippen MR) is 58.2 cm³/mol. The van der Waals surface area contributed by atoms with Gasteiger partial charge in [-0.3, -0.25) is 0 Å². The molecular formula is C10H19O3P. The van der Waals surface area contributed by atoms with Crippen molar-refractivity contribution in [2.24, 2.45) is 0 Å². The fraction of sp³-hybridized carbons (Fsp3) is 0.800. The molecule has 0 aliphatic carbocycles. The Morgan fingerprint density at radius 2 is 1.79 bits per heavy atom. The van der Waals surface area contributed by atoms with Gasteiger partial charge in [0.2, 0.25) is 0 Å². The van der Waals surface area contributed by atoms with Gasteiger partial charge >= 0.3 is 7.60 Å². The Bertz CT molecular complexity index is 231. The largest absolute Gasteiger partial charge is 0.405 e. The topological polar surface area (TPSA) is 35.5 Å². The van der Waals surface area contributed by atoms with Crippen LogP contribution in [0.1, 0.15) is 39.0 Å². The Morgan fingerprint density at radius 1 is 1.14 bits per heavy atom. The average Bonchev–Trinajstić information content (AvgIpc) is 2.23. The minimum absolute atomic E-state index is 0.761. The fourth-order valence-electron chi connectivity index (χ4n) is 0.959. The molecule has 3 nitrogen and oxygen atoms in total. The zero-order valence-electron chi connectivity index (χ0n) is 9.21. The zero-order chi connectivity index (χ0) is 10.9. The molecule has 14 heavy (non-hydrogen) atoms. The first kappa shape index (κ1) is 13.7. The van der Waals surface area contributed by atoms with Crippen LogP contribution in [-0.2, 0) is 13.6 Å². The molecule has 0 aliphatic rings. The third-order valence-electron chi connectivity index (χ3n) is 1.85. The molecule has 0 rings (SSSR count). The third-order valence-corrected chi connectivity index (χ3v) is 3.25. The Morgan fingerprint density at radius 3 is 2.29 bits per heavy atom. The maximum absolute atomic E-state index is 11.4. The lowest BCUT2D eigenvalue weighted by Gasteiger charge is -2.04. The molecule has 0 heterocycles. The highest BCUT2D eigenvalue weighted by Gasteiger charge is 2.15. The van der Waals surface area contributed by atoms with Crippen LogP contribution in [0.25, 0.3) is 0 Å². The zero-order valence-corrected chi connectivity index (χ0v) is 10.1. The summed E-state index contributed by atoms with van der Waals surface area (Å²) in [4.78, 5) is 0. The van der Waals surface area contributed by atoms with Crippen molar-refractivity contribution in [3.63, 3.8) is 0 Å². The summed E-state index contributed by atoms with van der Waals surface area (Å²) in [6, 6.07) is 0. The van der Waals surface area contributed by atoms with Crippen LogP contribution >= 0.6 is 7.60 Å². The second-order valence-electron chi connectivity index (χ2n) is 2.96. The van der Waals surface area contributed by atoms with Crippen LogP contribution in [0.5, 0.6) is 0 Å². The Hall–Kier alpha value is -0.290. The molecule has 0 saturated heterocycles. The Balaban J connectivity index is 3.75. The van der Waals surface area contributed by atoms with E-state index in [-0.39, 0.29) is 0 Å². The van der Waals surface area contributed by atoms with Gasteiger partial charge in [0.15, 0.2) is 0 Å². The molecule has 0 aromatic heterocycles. The minimum Gasteiger partial charge on any atom is -0.303 e. The molecule has 0 spiro atoms. The van der Waals surface area contributed by atoms with Crippen molar-refractivity contribution in [2.45, 2.75) is 39.0 Å². The summed E-state index contributed by atoms with van der Waals surface area (Å²) in [6.45, 7) is 2.16. The van der Waals surface area contributed by atoms with Gasteiger partial charge in [-0.25, -0.2) is 4.57 Å². The number of hydrogen-bond acceptors (Lipinski definition) is 3. The van der Waals surface area contributed by atoms with E-state index in [0.717, 1.165) is 12.8 Å². The highest BCUT2D eigenvalue weighted by Crippen LogP contribution is 2.44. The van der Waals surface area contributed by atoms with Crippen LogP contribution in [0.15, 0.2) is 0 Å². The third kappa shape index (κ3) is 6.21. The van der Waals surface area contributed by atoms with Crippen molar-refractivity contribution in [3.05, 3.63) is 0 Å². The van der Waals surface area contributed by atoms with Gasteiger partial charge in [-0.2, -0.15) is 0 Å². The molecule has 0 aromatic rings. The van der Waals surface area contributed by atoms with E-state index >= 15 is 0 Å². The lowest BCUT2D eigenvalue weighted by Crippen LogP contribution is -1.83. The van der Waals surface area contributed by atoms with Gasteiger partial charge in [0.25, 0.3) is 0 Å². The van der Waals surface area contributed by atoms with Gasteiger partial charge in [0.05, 0.1) is 0 Å². The average molecular weight is 218 g/mol. The van der Waals surface area contributed by atoms with Gasteiger partial charge in [0, 0.05) is 26.3 Å². The SMILES string of the molecule is CCCCCCC#CP(=O)(OC)OC. The van der Waals surface area contributed by atoms with Crippen molar-refractivity contribution < 1.29 is 13.6 Å². The molecule has 0 aliphatic heterocycles. The monoisotopic (exact) mass is 218 g/mol. The number of rotatable bonds is 6. The lowest BCUT2D eigenvalue weighted by atomic mass is 10.2. The molecule has 0 saturated carbocycles. The molecule has 0 atom stereocenters. The summed E-state index contributed by atoms with van der Waals surface area (Å²) in [5.41, 5.74) is 2.53. The molecule has 0 amide bonds. The maximum Gasteiger partial charge on any atom is 0.405 e. The van der Waals surface area contributed by atoms with Gasteiger partial charge in [-0.1, -0.05) is 32.1 Å². The quantitative estimate of drug-likeness (QED) is 0.389. The van der Waals surface area contributed by atoms with E-state index in [1.54, 1.807) is 0 Å². The Kier molecular flexibility index (Phi) is 7.89. The number of hydrogen-bond donors (Lipinski definition) is 0. The van der Waals surface area contributed by atoms with E-state index in [1.165, 1.54) is 33.5 Å². The first-order valence-electron chi connectivity index (χ1n) is 4.90. The predicted octanol–water partition coefficient (Wildman–Crippen LogP) is 3.40. The van der Waals surface area contributed by atoms with Crippen LogP contribution in [0, 0.1) is 11.6 Å². The van der Waals surface area contributed by atoms with E-state index in [9.17, 15) is 4.57 Å². The highest BCUT2D eigenvalue weighted by molar-refractivity contribution is 7.59. The summed E-state index contributed by atoms with van der Waals surface area (Å²) in [5, 5.41) is 0. The normalized spacial score (nSPS) is 10.8. The second kappa shape index (κ2) is 8.05. The number of unbranched alkanes of at least 4 members (excludes halogenated alkanes) is 4. The van der Waals surface area contributed by atoms with E-state index in [1.807, 2.05) is 0 Å². The summed E-state index contributed by atoms with van der Waals surface area (Å²) in [7, 11) is -0.411. The van der Waals surface area contributed by atoms with Crippen LogP contribution < -0.4 is 0 Å². The minimum atomic E-state index is -3.10. The van der Waals surface area contributed by atoms with Gasteiger partial charge in [-0.05, 0) is 6.42 Å². The molecule has 0 fully saturated rings. The Labute approximate surface area is 86.7 Å². The molecule has 4 heteroatoms. The fourth-order valence-corrected chi connectivity index (χ4v) is 1.60. The van der Waals surface area contributed by atoms with Crippen molar-refractivity contribution in [3.8, 4) is 11.6 Å². The van der Waals surface area contributed by atoms with E-state index in [4.69, 9.17) is 0 Å². The smallest absolute Gasteiger partial charge is 0.303 e. The highest BCUT2D eigenvalue weighted by atomic mass is 31.2. The molecule has 0 radical (unpaired) electrons. The van der Waals surface area contributed by atoms with Crippen molar-refractivity contribution >= 4 is 7.60 Å². The molecule has 0 aromatic carbocycles. The van der Waals surface area contributed by atoms with Crippen LogP contribution in [0.4, 0.5) is 0 Å². The van der Waals surface area contributed by atoms with Crippen molar-refractivity contribution in [1.82, 2.24) is 0 Å². The summed E-state index contributed by atoms with van der Waals surface area (Å²) in [6.07, 6.45) is 5.43. The first-order valence-corrected chi connectivity index (χ1v) is 6.44. The van der Waals surface area contributed by atoms with Crippen molar-refractivity contribution in [1.29, 1.82) is 0 Å². The molecular weight excluding hydrogens is 199 g/mol. The summed E-state index contributed by atoms with van der Waals surface area (Å²) < 4.78 is 20.8. The molecule has 0 unspecified atom stereocenters. The summed E-state index contributed by atoms with van der Waals surface area (Å²) >= 11 is 0. The van der Waals surface area contributed by atoms with Gasteiger partial charge < -0.3 is 9.05 Å². The van der Waals surface area contributed by atoms with Crippen LogP contribution in [0.3, 0.4) is 0 Å². The van der Waals surface area contributed by atoms with Crippen molar-refractivity contribution in [2.75, 3.05) is 14.2 Å². The molecule has 0 bridgehead atoms. The van der Waals surface area contributed by atoms with E-state index in [0.29, 0.717) is 0 Å². The van der Waals surface area contributed by atoms with E-state index in [2.05, 4.69) is 27.6 Å². The standard InChI is InChI=1S/C10H19O3P/c1-4-5-6-7-8-9-10-14(11,12-2)13-3/h4-8H2,1-3H3.